The lowest BCUT2D eigenvalue weighted by atomic mass is 9.65. The van der Waals surface area contributed by atoms with Crippen LogP contribution in [-0.2, 0) is 0 Å². The van der Waals surface area contributed by atoms with E-state index in [1.807, 2.05) is 0 Å². The van der Waals surface area contributed by atoms with E-state index in [0.29, 0.717) is 27.7 Å². The summed E-state index contributed by atoms with van der Waals surface area (Å²) >= 11 is 11.3. The van der Waals surface area contributed by atoms with Crippen LogP contribution < -0.4 is 5.32 Å². The number of thiocarbonyl (C=S) groups is 1. The van der Waals surface area contributed by atoms with Crippen LogP contribution in [0.25, 0.3) is 0 Å². The molecular weight excluding hydrogens is 319 g/mol. The number of fused-ring (bicyclic) bond motifs is 2. The van der Waals surface area contributed by atoms with Crippen LogP contribution in [0, 0.1) is 16.6 Å². The number of nitrogens with one attached hydrogen (secondary N) is 1. The van der Waals surface area contributed by atoms with Gasteiger partial charge in [0.15, 0.2) is 5.11 Å². The highest BCUT2D eigenvalue weighted by Crippen LogP contribution is 2.52. The van der Waals surface area contributed by atoms with Crippen LogP contribution in [-0.4, -0.2) is 22.6 Å². The van der Waals surface area contributed by atoms with Gasteiger partial charge in [0, 0.05) is 18.3 Å². The minimum absolute atomic E-state index is 0.128. The number of benzene rings is 1. The summed E-state index contributed by atoms with van der Waals surface area (Å²) in [6.07, 6.45) is 3.57. The fraction of sp³-hybridized carbons (Fsp3) is 0.588. The summed E-state index contributed by atoms with van der Waals surface area (Å²) in [6.45, 7) is 8.01. The predicted molar refractivity (Wildman–Crippen MR) is 93.9 cm³/mol. The molecule has 2 fully saturated rings. The molecule has 1 aliphatic heterocycles. The van der Waals surface area contributed by atoms with Gasteiger partial charge in [0.2, 0.25) is 0 Å². The molecule has 0 amide bonds. The van der Waals surface area contributed by atoms with Gasteiger partial charge in [0.05, 0.1) is 5.02 Å². The third-order valence-electron chi connectivity index (χ3n) is 4.85. The minimum Gasteiger partial charge on any atom is -0.345 e. The second-order valence-corrected chi connectivity index (χ2v) is 8.69. The third kappa shape index (κ3) is 3.09. The molecule has 2 atom stereocenters. The maximum absolute atomic E-state index is 13.6. The van der Waals surface area contributed by atoms with Gasteiger partial charge < -0.3 is 10.2 Å². The molecule has 2 unspecified atom stereocenters. The lowest BCUT2D eigenvalue weighted by Gasteiger charge is -2.39. The highest BCUT2D eigenvalue weighted by atomic mass is 35.5. The van der Waals surface area contributed by atoms with E-state index in [4.69, 9.17) is 23.8 Å². The summed E-state index contributed by atoms with van der Waals surface area (Å²) in [6, 6.07) is 5.17. The van der Waals surface area contributed by atoms with Gasteiger partial charge in [-0.15, -0.1) is 0 Å². The SMILES string of the molecule is CC1(C)CC2CC(C)(CN2C(=S)Nc2ccc(Cl)c(F)c2)C1. The zero-order valence-corrected chi connectivity index (χ0v) is 14.8. The average molecular weight is 341 g/mol. The largest absolute Gasteiger partial charge is 0.345 e. The fourth-order valence-electron chi connectivity index (χ4n) is 4.47. The van der Waals surface area contributed by atoms with Gasteiger partial charge in [0.1, 0.15) is 5.82 Å². The van der Waals surface area contributed by atoms with Crippen LogP contribution in [0.15, 0.2) is 18.2 Å². The Morgan fingerprint density at radius 2 is 2.09 bits per heavy atom. The van der Waals surface area contributed by atoms with Gasteiger partial charge in [0.25, 0.3) is 0 Å². The predicted octanol–water partition coefficient (Wildman–Crippen LogP) is 5.08. The van der Waals surface area contributed by atoms with Crippen molar-refractivity contribution in [2.45, 2.75) is 46.1 Å². The maximum atomic E-state index is 13.6. The summed E-state index contributed by atoms with van der Waals surface area (Å²) in [5.41, 5.74) is 1.33. The summed E-state index contributed by atoms with van der Waals surface area (Å²) in [5.74, 6) is -0.428. The molecule has 1 aromatic carbocycles. The van der Waals surface area contributed by atoms with Crippen molar-refractivity contribution in [1.82, 2.24) is 4.90 Å². The molecule has 0 spiro atoms. The summed E-state index contributed by atoms with van der Waals surface area (Å²) in [4.78, 5) is 2.29. The van der Waals surface area contributed by atoms with Gasteiger partial charge in [-0.1, -0.05) is 32.4 Å². The number of anilines is 1. The molecule has 1 N–H and O–H groups in total. The monoisotopic (exact) mass is 340 g/mol. The Bertz CT molecular complexity index is 619. The van der Waals surface area contributed by atoms with E-state index in [0.717, 1.165) is 13.0 Å². The molecule has 1 aliphatic carbocycles. The van der Waals surface area contributed by atoms with Crippen molar-refractivity contribution in [3.63, 3.8) is 0 Å². The van der Waals surface area contributed by atoms with Crippen LogP contribution in [0.4, 0.5) is 10.1 Å². The summed E-state index contributed by atoms with van der Waals surface area (Å²) in [7, 11) is 0. The molecule has 1 heterocycles. The van der Waals surface area contributed by atoms with Gasteiger partial charge in [-0.2, -0.15) is 0 Å². The van der Waals surface area contributed by atoms with E-state index in [1.165, 1.54) is 18.9 Å². The van der Waals surface area contributed by atoms with Crippen LogP contribution in [0.1, 0.15) is 40.0 Å². The molecule has 2 nitrogen and oxygen atoms in total. The number of hydrogen-bond donors (Lipinski definition) is 1. The van der Waals surface area contributed by atoms with Gasteiger partial charge in [-0.3, -0.25) is 0 Å². The van der Waals surface area contributed by atoms with E-state index in [-0.39, 0.29) is 5.02 Å². The van der Waals surface area contributed by atoms with Crippen molar-refractivity contribution >= 4 is 34.6 Å². The first-order valence-electron chi connectivity index (χ1n) is 7.70. The van der Waals surface area contributed by atoms with Gasteiger partial charge in [-0.05, 0) is 60.5 Å². The van der Waals surface area contributed by atoms with Crippen LogP contribution in [0.5, 0.6) is 0 Å². The van der Waals surface area contributed by atoms with Crippen LogP contribution in [0.2, 0.25) is 5.02 Å². The van der Waals surface area contributed by atoms with E-state index in [9.17, 15) is 4.39 Å². The van der Waals surface area contributed by atoms with E-state index < -0.39 is 5.82 Å². The highest BCUT2D eigenvalue weighted by molar-refractivity contribution is 7.80. The molecule has 0 aromatic heterocycles. The zero-order chi connectivity index (χ0) is 16.1. The molecule has 0 radical (unpaired) electrons. The second kappa shape index (κ2) is 5.34. The third-order valence-corrected chi connectivity index (χ3v) is 5.49. The normalized spacial score (nSPS) is 29.5. The smallest absolute Gasteiger partial charge is 0.173 e. The van der Waals surface area contributed by atoms with Gasteiger partial charge in [-0.25, -0.2) is 4.39 Å². The quantitative estimate of drug-likeness (QED) is 0.718. The molecule has 22 heavy (non-hydrogen) atoms. The Morgan fingerprint density at radius 3 is 2.77 bits per heavy atom. The zero-order valence-electron chi connectivity index (χ0n) is 13.2. The molecule has 1 aromatic rings. The van der Waals surface area contributed by atoms with Crippen molar-refractivity contribution in [1.29, 1.82) is 0 Å². The van der Waals surface area contributed by atoms with Crippen molar-refractivity contribution in [2.24, 2.45) is 10.8 Å². The van der Waals surface area contributed by atoms with E-state index >= 15 is 0 Å². The molecule has 1 saturated carbocycles. The summed E-state index contributed by atoms with van der Waals surface area (Å²) in [5, 5.41) is 3.98. The van der Waals surface area contributed by atoms with Crippen molar-refractivity contribution < 1.29 is 4.39 Å². The Kier molecular flexibility index (Phi) is 3.89. The number of hydrogen-bond acceptors (Lipinski definition) is 1. The summed E-state index contributed by atoms with van der Waals surface area (Å²) < 4.78 is 13.6. The standard InChI is InChI=1S/C17H22ClFN2S/c1-16(2)7-12-8-17(3,9-16)10-21(12)15(22)20-11-4-5-13(18)14(19)6-11/h4-6,12H,7-10H2,1-3H3,(H,20,22). The topological polar surface area (TPSA) is 15.3 Å². The molecule has 2 bridgehead atoms. The number of nitrogens with zero attached hydrogens (tertiary/aromatic N) is 1. The first-order valence-corrected chi connectivity index (χ1v) is 8.49. The second-order valence-electron chi connectivity index (χ2n) is 7.90. The van der Waals surface area contributed by atoms with Crippen LogP contribution >= 0.6 is 23.8 Å². The van der Waals surface area contributed by atoms with Crippen molar-refractivity contribution in [3.8, 4) is 0 Å². The van der Waals surface area contributed by atoms with E-state index in [1.54, 1.807) is 12.1 Å². The van der Waals surface area contributed by atoms with Crippen molar-refractivity contribution in [2.75, 3.05) is 11.9 Å². The molecule has 120 valence electrons. The number of rotatable bonds is 1. The Morgan fingerprint density at radius 1 is 1.36 bits per heavy atom. The number of likely N-dealkylation sites (tertiary alicyclic amines) is 1. The molecule has 2 aliphatic rings. The van der Waals surface area contributed by atoms with Crippen LogP contribution in [0.3, 0.4) is 0 Å². The molecular formula is C17H22ClFN2S. The molecule has 3 rings (SSSR count). The highest BCUT2D eigenvalue weighted by Gasteiger charge is 2.50. The first-order chi connectivity index (χ1) is 10.2. The Labute approximate surface area is 142 Å². The van der Waals surface area contributed by atoms with Crippen molar-refractivity contribution in [3.05, 3.63) is 29.0 Å². The number of halogens is 2. The lowest BCUT2D eigenvalue weighted by molar-refractivity contribution is 0.132. The average Bonchev–Trinajstić information content (AvgIpc) is 2.63. The molecule has 5 heteroatoms. The maximum Gasteiger partial charge on any atom is 0.173 e. The van der Waals surface area contributed by atoms with E-state index in [2.05, 4.69) is 31.0 Å². The minimum atomic E-state index is -0.428. The lowest BCUT2D eigenvalue weighted by Crippen LogP contribution is -2.39. The fourth-order valence-corrected chi connectivity index (χ4v) is 4.92. The van der Waals surface area contributed by atoms with Gasteiger partial charge >= 0.3 is 0 Å². The first kappa shape index (κ1) is 16.0. The Hall–Kier alpha value is -0.870. The molecule has 1 saturated heterocycles. The Balaban J connectivity index is 1.74.